The van der Waals surface area contributed by atoms with Crippen LogP contribution in [0.5, 0.6) is 5.75 Å². The van der Waals surface area contributed by atoms with Crippen molar-refractivity contribution in [2.24, 2.45) is 4.99 Å². The SMILES string of the molecule is CCCCOc1ccccc1/C=C1\N=C(SC)SC1=O. The zero-order valence-corrected chi connectivity index (χ0v) is 13.2. The zero-order chi connectivity index (χ0) is 14.4. The first-order valence-corrected chi connectivity index (χ1v) is 8.57. The highest BCUT2D eigenvalue weighted by molar-refractivity contribution is 8.45. The van der Waals surface area contributed by atoms with Crippen molar-refractivity contribution in [2.75, 3.05) is 12.9 Å². The lowest BCUT2D eigenvalue weighted by atomic mass is 10.1. The van der Waals surface area contributed by atoms with Crippen LogP contribution in [-0.4, -0.2) is 22.4 Å². The number of unbranched alkanes of at least 4 members (excludes halogenated alkanes) is 1. The molecule has 0 radical (unpaired) electrons. The number of thioether (sulfide) groups is 2. The molecule has 0 aliphatic carbocycles. The third-order valence-corrected chi connectivity index (χ3v) is 4.59. The van der Waals surface area contributed by atoms with Gasteiger partial charge in [0, 0.05) is 5.56 Å². The molecule has 0 N–H and O–H groups in total. The second-order valence-corrected chi connectivity index (χ2v) is 6.26. The van der Waals surface area contributed by atoms with E-state index in [4.69, 9.17) is 4.74 Å². The summed E-state index contributed by atoms with van der Waals surface area (Å²) in [7, 11) is 0. The number of ether oxygens (including phenoxy) is 1. The number of hydrogen-bond acceptors (Lipinski definition) is 5. The molecule has 0 atom stereocenters. The van der Waals surface area contributed by atoms with Crippen LogP contribution in [0.15, 0.2) is 35.0 Å². The van der Waals surface area contributed by atoms with Crippen molar-refractivity contribution in [2.45, 2.75) is 19.8 Å². The first kappa shape index (κ1) is 15.2. The van der Waals surface area contributed by atoms with Gasteiger partial charge in [-0.05, 0) is 36.6 Å². The summed E-state index contributed by atoms with van der Waals surface area (Å²) in [4.78, 5) is 16.2. The minimum atomic E-state index is -0.00212. The van der Waals surface area contributed by atoms with E-state index < -0.39 is 0 Å². The van der Waals surface area contributed by atoms with Gasteiger partial charge in [0.05, 0.1) is 6.61 Å². The number of aliphatic imine (C=N–C) groups is 1. The van der Waals surface area contributed by atoms with Crippen molar-refractivity contribution in [3.8, 4) is 5.75 Å². The fourth-order valence-electron chi connectivity index (χ4n) is 1.68. The predicted molar refractivity (Wildman–Crippen MR) is 88.4 cm³/mol. The molecule has 5 heteroatoms. The second-order valence-electron chi connectivity index (χ2n) is 4.24. The fraction of sp³-hybridized carbons (Fsp3) is 0.333. The highest BCUT2D eigenvalue weighted by Crippen LogP contribution is 2.31. The maximum absolute atomic E-state index is 11.8. The third-order valence-electron chi connectivity index (χ3n) is 2.74. The molecule has 0 aromatic heterocycles. The summed E-state index contributed by atoms with van der Waals surface area (Å²) in [5, 5.41) is -0.00212. The van der Waals surface area contributed by atoms with Gasteiger partial charge < -0.3 is 4.74 Å². The molecule has 1 aliphatic rings. The summed E-state index contributed by atoms with van der Waals surface area (Å²) in [6, 6.07) is 7.74. The van der Waals surface area contributed by atoms with Gasteiger partial charge >= 0.3 is 0 Å². The van der Waals surface area contributed by atoms with Crippen LogP contribution in [0.25, 0.3) is 6.08 Å². The van der Waals surface area contributed by atoms with Gasteiger partial charge in [0.1, 0.15) is 15.8 Å². The molecule has 1 heterocycles. The predicted octanol–water partition coefficient (Wildman–Crippen LogP) is 4.20. The molecule has 1 aliphatic heterocycles. The molecular formula is C15H17NO2S2. The molecule has 3 nitrogen and oxygen atoms in total. The normalized spacial score (nSPS) is 16.6. The van der Waals surface area contributed by atoms with E-state index in [1.54, 1.807) is 6.08 Å². The number of benzene rings is 1. The lowest BCUT2D eigenvalue weighted by Gasteiger charge is -2.08. The van der Waals surface area contributed by atoms with Gasteiger partial charge in [-0.15, -0.1) is 11.8 Å². The van der Waals surface area contributed by atoms with Gasteiger partial charge in [-0.3, -0.25) is 4.79 Å². The highest BCUT2D eigenvalue weighted by atomic mass is 32.2. The lowest BCUT2D eigenvalue weighted by molar-refractivity contribution is -0.107. The van der Waals surface area contributed by atoms with Crippen molar-refractivity contribution in [3.05, 3.63) is 35.5 Å². The van der Waals surface area contributed by atoms with Gasteiger partial charge in [0.25, 0.3) is 0 Å². The van der Waals surface area contributed by atoms with Crippen LogP contribution in [0.2, 0.25) is 0 Å². The van der Waals surface area contributed by atoms with E-state index in [1.165, 1.54) is 23.5 Å². The number of nitrogens with zero attached hydrogens (tertiary/aromatic N) is 1. The Morgan fingerprint density at radius 3 is 2.90 bits per heavy atom. The third kappa shape index (κ3) is 3.90. The van der Waals surface area contributed by atoms with Crippen molar-refractivity contribution in [1.29, 1.82) is 0 Å². The largest absolute Gasteiger partial charge is 0.493 e. The zero-order valence-electron chi connectivity index (χ0n) is 11.6. The van der Waals surface area contributed by atoms with Crippen LogP contribution in [0.3, 0.4) is 0 Å². The Hall–Kier alpha value is -1.20. The average Bonchev–Trinajstić information content (AvgIpc) is 2.81. The molecule has 0 fully saturated rings. The molecule has 1 aromatic carbocycles. The number of hydrogen-bond donors (Lipinski definition) is 0. The Kier molecular flexibility index (Phi) is 5.73. The Morgan fingerprint density at radius 1 is 1.40 bits per heavy atom. The van der Waals surface area contributed by atoms with E-state index in [9.17, 15) is 4.79 Å². The summed E-state index contributed by atoms with van der Waals surface area (Å²) in [6.07, 6.45) is 5.85. The van der Waals surface area contributed by atoms with Gasteiger partial charge in [0.15, 0.2) is 0 Å². The van der Waals surface area contributed by atoms with Crippen LogP contribution >= 0.6 is 23.5 Å². The van der Waals surface area contributed by atoms with Crippen molar-refractivity contribution in [1.82, 2.24) is 0 Å². The topological polar surface area (TPSA) is 38.7 Å². The summed E-state index contributed by atoms with van der Waals surface area (Å²) in [5.74, 6) is 0.805. The maximum Gasteiger partial charge on any atom is 0.244 e. The van der Waals surface area contributed by atoms with Crippen molar-refractivity contribution in [3.63, 3.8) is 0 Å². The molecule has 0 amide bonds. The average molecular weight is 307 g/mol. The molecule has 2 rings (SSSR count). The maximum atomic E-state index is 11.8. The Balaban J connectivity index is 2.20. The Labute approximate surface area is 127 Å². The van der Waals surface area contributed by atoms with E-state index >= 15 is 0 Å². The van der Waals surface area contributed by atoms with Crippen LogP contribution in [0, 0.1) is 0 Å². The molecule has 0 saturated heterocycles. The molecule has 1 aromatic rings. The monoisotopic (exact) mass is 307 g/mol. The molecular weight excluding hydrogens is 290 g/mol. The number of carbonyl (C=O) groups is 1. The second kappa shape index (κ2) is 7.55. The highest BCUT2D eigenvalue weighted by Gasteiger charge is 2.21. The van der Waals surface area contributed by atoms with E-state index in [0.717, 1.165) is 28.5 Å². The minimum Gasteiger partial charge on any atom is -0.493 e. The van der Waals surface area contributed by atoms with Crippen molar-refractivity contribution < 1.29 is 9.53 Å². The van der Waals surface area contributed by atoms with Gasteiger partial charge in [0.2, 0.25) is 5.12 Å². The van der Waals surface area contributed by atoms with E-state index in [-0.39, 0.29) is 5.12 Å². The number of carbonyl (C=O) groups excluding carboxylic acids is 1. The fourth-order valence-corrected chi connectivity index (χ4v) is 2.94. The summed E-state index contributed by atoms with van der Waals surface area (Å²) >= 11 is 2.68. The first-order valence-electron chi connectivity index (χ1n) is 6.53. The summed E-state index contributed by atoms with van der Waals surface area (Å²) in [6.45, 7) is 2.82. The van der Waals surface area contributed by atoms with Crippen LogP contribution in [0.4, 0.5) is 0 Å². The lowest BCUT2D eigenvalue weighted by Crippen LogP contribution is -1.98. The summed E-state index contributed by atoms with van der Waals surface area (Å²) < 4.78 is 6.56. The number of rotatable bonds is 5. The van der Waals surface area contributed by atoms with E-state index in [2.05, 4.69) is 11.9 Å². The van der Waals surface area contributed by atoms with Crippen LogP contribution in [-0.2, 0) is 4.79 Å². The van der Waals surface area contributed by atoms with E-state index in [1.807, 2.05) is 30.5 Å². The van der Waals surface area contributed by atoms with Crippen LogP contribution < -0.4 is 4.74 Å². The summed E-state index contributed by atoms with van der Waals surface area (Å²) in [5.41, 5.74) is 1.39. The number of para-hydroxylation sites is 1. The van der Waals surface area contributed by atoms with Crippen LogP contribution in [0.1, 0.15) is 25.3 Å². The molecule has 0 saturated carbocycles. The van der Waals surface area contributed by atoms with Gasteiger partial charge in [-0.1, -0.05) is 31.5 Å². The minimum absolute atomic E-state index is 0.00212. The smallest absolute Gasteiger partial charge is 0.244 e. The Morgan fingerprint density at radius 2 is 2.20 bits per heavy atom. The standard InChI is InChI=1S/C15H17NO2S2/c1-3-4-9-18-13-8-6-5-7-11(13)10-12-14(17)20-15(16-12)19-2/h5-8,10H,3-4,9H2,1-2H3/b12-10-. The molecule has 106 valence electrons. The molecule has 0 bridgehead atoms. The van der Waals surface area contributed by atoms with Gasteiger partial charge in [-0.2, -0.15) is 0 Å². The van der Waals surface area contributed by atoms with Crippen molar-refractivity contribution >= 4 is 39.1 Å². The van der Waals surface area contributed by atoms with E-state index in [0.29, 0.717) is 12.3 Å². The molecule has 0 unspecified atom stereocenters. The Bertz CT molecular complexity index is 553. The van der Waals surface area contributed by atoms with Gasteiger partial charge in [-0.25, -0.2) is 4.99 Å². The first-order chi connectivity index (χ1) is 9.74. The quantitative estimate of drug-likeness (QED) is 0.603. The molecule has 20 heavy (non-hydrogen) atoms. The molecule has 0 spiro atoms.